The van der Waals surface area contributed by atoms with E-state index in [0.717, 1.165) is 24.2 Å². The number of aromatic hydroxyl groups is 1. The lowest BCUT2D eigenvalue weighted by atomic mass is 10.2. The lowest BCUT2D eigenvalue weighted by Crippen LogP contribution is -2.31. The van der Waals surface area contributed by atoms with Crippen molar-refractivity contribution in [1.82, 2.24) is 14.5 Å². The van der Waals surface area contributed by atoms with E-state index in [4.69, 9.17) is 4.74 Å². The van der Waals surface area contributed by atoms with Crippen molar-refractivity contribution in [2.45, 2.75) is 13.8 Å². The van der Waals surface area contributed by atoms with E-state index >= 15 is 0 Å². The number of likely N-dealkylation sites (N-methyl/N-ethyl adjacent to an activating group) is 1. The van der Waals surface area contributed by atoms with Gasteiger partial charge in [0, 0.05) is 12.8 Å². The fraction of sp³-hybridized carbons (Fsp3) is 0.389. The van der Waals surface area contributed by atoms with E-state index in [-0.39, 0.29) is 5.56 Å². The van der Waals surface area contributed by atoms with Crippen molar-refractivity contribution in [2.24, 2.45) is 4.99 Å². The summed E-state index contributed by atoms with van der Waals surface area (Å²) in [6.45, 7) is 7.18. The number of H-pyrrole nitrogens is 1. The molecule has 0 aliphatic heterocycles. The second kappa shape index (κ2) is 9.00. The largest absolute Gasteiger partial charge is 0.495 e. The van der Waals surface area contributed by atoms with Crippen LogP contribution in [0.2, 0.25) is 0 Å². The molecule has 0 saturated heterocycles. The van der Waals surface area contributed by atoms with Gasteiger partial charge in [-0.25, -0.2) is 9.36 Å². The van der Waals surface area contributed by atoms with Crippen molar-refractivity contribution >= 4 is 6.21 Å². The van der Waals surface area contributed by atoms with Gasteiger partial charge < -0.3 is 14.7 Å². The molecule has 0 amide bonds. The predicted octanol–water partition coefficient (Wildman–Crippen LogP) is 1.00. The van der Waals surface area contributed by atoms with Crippen LogP contribution in [0.3, 0.4) is 0 Å². The maximum atomic E-state index is 12.2. The SMILES string of the molecule is CCN(CC)CCN=Cc1c(O)n(-c2ccccc2OC)c(=O)[nH]c1=O. The highest BCUT2D eigenvalue weighted by atomic mass is 16.5. The number of aromatic nitrogens is 2. The lowest BCUT2D eigenvalue weighted by Gasteiger charge is -2.16. The van der Waals surface area contributed by atoms with Crippen molar-refractivity contribution < 1.29 is 9.84 Å². The second-order valence-corrected chi connectivity index (χ2v) is 5.57. The summed E-state index contributed by atoms with van der Waals surface area (Å²) in [5.41, 5.74) is -1.19. The highest BCUT2D eigenvalue weighted by Crippen LogP contribution is 2.24. The molecule has 1 aromatic heterocycles. The molecule has 8 nitrogen and oxygen atoms in total. The summed E-state index contributed by atoms with van der Waals surface area (Å²) < 4.78 is 6.22. The molecule has 0 spiro atoms. The number of ether oxygens (including phenoxy) is 1. The average Bonchev–Trinajstić information content (AvgIpc) is 2.64. The molecule has 26 heavy (non-hydrogen) atoms. The number of para-hydroxylation sites is 2. The second-order valence-electron chi connectivity index (χ2n) is 5.57. The number of aromatic amines is 1. The van der Waals surface area contributed by atoms with Crippen LogP contribution >= 0.6 is 0 Å². The number of nitrogens with one attached hydrogen (secondary N) is 1. The Bertz CT molecular complexity index is 881. The van der Waals surface area contributed by atoms with Gasteiger partial charge in [-0.3, -0.25) is 14.8 Å². The van der Waals surface area contributed by atoms with E-state index in [1.165, 1.54) is 13.3 Å². The van der Waals surface area contributed by atoms with Crippen molar-refractivity contribution in [1.29, 1.82) is 0 Å². The first-order valence-corrected chi connectivity index (χ1v) is 8.47. The van der Waals surface area contributed by atoms with Gasteiger partial charge >= 0.3 is 5.69 Å². The van der Waals surface area contributed by atoms with Gasteiger partial charge in [0.2, 0.25) is 5.88 Å². The van der Waals surface area contributed by atoms with Crippen LogP contribution in [0.4, 0.5) is 0 Å². The van der Waals surface area contributed by atoms with Crippen LogP contribution in [0.25, 0.3) is 5.69 Å². The molecule has 0 saturated carbocycles. The maximum absolute atomic E-state index is 12.2. The molecule has 1 heterocycles. The van der Waals surface area contributed by atoms with Gasteiger partial charge in [0.05, 0.1) is 19.3 Å². The standard InChI is InChI=1S/C18H24N4O4/c1-4-21(5-2)11-10-19-12-13-16(23)20-18(25)22(17(13)24)14-8-6-7-9-15(14)26-3/h6-9,12,24H,4-5,10-11H2,1-3H3,(H,20,23,25). The molecule has 2 aromatic rings. The summed E-state index contributed by atoms with van der Waals surface area (Å²) in [7, 11) is 1.46. The van der Waals surface area contributed by atoms with Gasteiger partial charge in [0.1, 0.15) is 11.3 Å². The normalized spacial score (nSPS) is 11.4. The number of methoxy groups -OCH3 is 1. The van der Waals surface area contributed by atoms with Gasteiger partial charge in [-0.05, 0) is 25.2 Å². The summed E-state index contributed by atoms with van der Waals surface area (Å²) in [6, 6.07) is 6.71. The van der Waals surface area contributed by atoms with Crippen LogP contribution in [0.5, 0.6) is 11.6 Å². The van der Waals surface area contributed by atoms with Crippen molar-refractivity contribution in [3.05, 3.63) is 50.7 Å². The minimum Gasteiger partial charge on any atom is -0.495 e. The molecule has 140 valence electrons. The van der Waals surface area contributed by atoms with Gasteiger partial charge in [0.15, 0.2) is 0 Å². The zero-order valence-electron chi connectivity index (χ0n) is 15.2. The number of benzene rings is 1. The topological polar surface area (TPSA) is 99.9 Å². The zero-order chi connectivity index (χ0) is 19.1. The Labute approximate surface area is 151 Å². The third-order valence-electron chi connectivity index (χ3n) is 4.11. The van der Waals surface area contributed by atoms with E-state index in [1.54, 1.807) is 24.3 Å². The van der Waals surface area contributed by atoms with E-state index in [1.807, 2.05) is 0 Å². The van der Waals surface area contributed by atoms with E-state index in [2.05, 4.69) is 28.7 Å². The highest BCUT2D eigenvalue weighted by Gasteiger charge is 2.16. The Morgan fingerprint density at radius 2 is 1.96 bits per heavy atom. The fourth-order valence-corrected chi connectivity index (χ4v) is 2.59. The lowest BCUT2D eigenvalue weighted by molar-refractivity contribution is 0.313. The molecule has 0 atom stereocenters. The molecular weight excluding hydrogens is 336 g/mol. The van der Waals surface area contributed by atoms with Gasteiger partial charge in [0.25, 0.3) is 5.56 Å². The first kappa shape index (κ1) is 19.5. The van der Waals surface area contributed by atoms with E-state index in [9.17, 15) is 14.7 Å². The van der Waals surface area contributed by atoms with Gasteiger partial charge in [-0.2, -0.15) is 0 Å². The molecule has 2 N–H and O–H groups in total. The number of hydrogen-bond donors (Lipinski definition) is 2. The van der Waals surface area contributed by atoms with E-state index < -0.39 is 17.1 Å². The minimum atomic E-state index is -0.753. The Hall–Kier alpha value is -2.87. The molecule has 1 aromatic carbocycles. The number of nitrogens with zero attached hydrogens (tertiary/aromatic N) is 3. The van der Waals surface area contributed by atoms with Crippen molar-refractivity contribution in [3.8, 4) is 17.3 Å². The summed E-state index contributed by atoms with van der Waals surface area (Å²) in [5, 5.41) is 10.5. The zero-order valence-corrected chi connectivity index (χ0v) is 15.2. The average molecular weight is 360 g/mol. The third kappa shape index (κ3) is 4.20. The van der Waals surface area contributed by atoms with Gasteiger partial charge in [-0.15, -0.1) is 0 Å². The van der Waals surface area contributed by atoms with Crippen LogP contribution < -0.4 is 16.0 Å². The first-order valence-electron chi connectivity index (χ1n) is 8.47. The minimum absolute atomic E-state index is 0.0740. The van der Waals surface area contributed by atoms with Crippen molar-refractivity contribution in [3.63, 3.8) is 0 Å². The van der Waals surface area contributed by atoms with Crippen LogP contribution in [0.15, 0.2) is 38.8 Å². The molecule has 0 fully saturated rings. The quantitative estimate of drug-likeness (QED) is 0.684. The number of aliphatic imine (C=N–C) groups is 1. The molecule has 2 rings (SSSR count). The molecule has 0 bridgehead atoms. The van der Waals surface area contributed by atoms with Crippen LogP contribution in [0.1, 0.15) is 19.4 Å². The molecule has 0 radical (unpaired) electrons. The van der Waals surface area contributed by atoms with Crippen LogP contribution in [0, 0.1) is 0 Å². The highest BCUT2D eigenvalue weighted by molar-refractivity contribution is 5.82. The first-order chi connectivity index (χ1) is 12.5. The Morgan fingerprint density at radius 3 is 2.62 bits per heavy atom. The molecule has 0 aliphatic carbocycles. The Morgan fingerprint density at radius 1 is 1.27 bits per heavy atom. The van der Waals surface area contributed by atoms with Crippen LogP contribution in [-0.2, 0) is 0 Å². The van der Waals surface area contributed by atoms with Crippen molar-refractivity contribution in [2.75, 3.05) is 33.3 Å². The van der Waals surface area contributed by atoms with Crippen LogP contribution in [-0.4, -0.2) is 59.1 Å². The number of rotatable bonds is 8. The van der Waals surface area contributed by atoms with Gasteiger partial charge in [-0.1, -0.05) is 26.0 Å². The molecule has 0 aliphatic rings. The maximum Gasteiger partial charge on any atom is 0.335 e. The fourth-order valence-electron chi connectivity index (χ4n) is 2.59. The monoisotopic (exact) mass is 360 g/mol. The summed E-state index contributed by atoms with van der Waals surface area (Å²) in [6.07, 6.45) is 1.29. The Kier molecular flexibility index (Phi) is 6.74. The molecule has 0 unspecified atom stereocenters. The summed E-state index contributed by atoms with van der Waals surface area (Å²) >= 11 is 0. The Balaban J connectivity index is 2.41. The smallest absolute Gasteiger partial charge is 0.335 e. The summed E-state index contributed by atoms with van der Waals surface area (Å²) in [4.78, 5) is 32.9. The van der Waals surface area contributed by atoms with E-state index in [0.29, 0.717) is 18.0 Å². The molecule has 8 heteroatoms. The third-order valence-corrected chi connectivity index (χ3v) is 4.11. The number of hydrogen-bond acceptors (Lipinski definition) is 6. The predicted molar refractivity (Wildman–Crippen MR) is 101 cm³/mol. The molecular formula is C18H24N4O4. The summed E-state index contributed by atoms with van der Waals surface area (Å²) in [5.74, 6) is -0.0868.